The number of sulfonamides is 1. The second-order valence-corrected chi connectivity index (χ2v) is 8.14. The van der Waals surface area contributed by atoms with E-state index in [9.17, 15) is 13.2 Å². The summed E-state index contributed by atoms with van der Waals surface area (Å²) in [6.45, 7) is 1.58. The first-order valence-corrected chi connectivity index (χ1v) is 9.16. The van der Waals surface area contributed by atoms with Crippen molar-refractivity contribution in [3.63, 3.8) is 0 Å². The molecule has 23 heavy (non-hydrogen) atoms. The molecule has 0 atom stereocenters. The molecule has 2 fully saturated rings. The SMILES string of the molecule is COC(=O)CC1CC2(CCN(c3ccncc3S(N)(=O)=O)C2)C1. The number of pyridine rings is 1. The maximum absolute atomic E-state index is 11.7. The lowest BCUT2D eigenvalue weighted by Crippen LogP contribution is -2.40. The van der Waals surface area contributed by atoms with Gasteiger partial charge in [-0.2, -0.15) is 0 Å². The zero-order chi connectivity index (χ0) is 16.7. The van der Waals surface area contributed by atoms with Gasteiger partial charge in [0.25, 0.3) is 0 Å². The summed E-state index contributed by atoms with van der Waals surface area (Å²) in [4.78, 5) is 17.3. The fourth-order valence-electron chi connectivity index (χ4n) is 3.96. The number of rotatable bonds is 4. The molecule has 0 bridgehead atoms. The molecule has 1 aliphatic heterocycles. The van der Waals surface area contributed by atoms with Crippen LogP contribution >= 0.6 is 0 Å². The number of ether oxygens (including phenoxy) is 1. The molecule has 7 nitrogen and oxygen atoms in total. The van der Waals surface area contributed by atoms with Gasteiger partial charge in [0.15, 0.2) is 0 Å². The summed E-state index contributed by atoms with van der Waals surface area (Å²) < 4.78 is 28.2. The minimum absolute atomic E-state index is 0.0717. The molecule has 0 aromatic carbocycles. The third-order valence-corrected chi connectivity index (χ3v) is 5.90. The van der Waals surface area contributed by atoms with E-state index in [0.29, 0.717) is 18.0 Å². The molecule has 1 saturated carbocycles. The molecule has 1 saturated heterocycles. The van der Waals surface area contributed by atoms with E-state index in [1.54, 1.807) is 12.3 Å². The Morgan fingerprint density at radius 2 is 2.26 bits per heavy atom. The van der Waals surface area contributed by atoms with Crippen LogP contribution in [-0.4, -0.2) is 39.6 Å². The Morgan fingerprint density at radius 1 is 1.52 bits per heavy atom. The standard InChI is InChI=1S/C15H21N3O4S/c1-22-14(19)6-11-7-15(8-11)3-5-18(10-15)12-2-4-17-9-13(12)23(16,20)21/h2,4,9,11H,3,5-8,10H2,1H3,(H2,16,20,21). The van der Waals surface area contributed by atoms with Crippen LogP contribution in [0.5, 0.6) is 0 Å². The highest BCUT2D eigenvalue weighted by Gasteiger charge is 2.49. The smallest absolute Gasteiger partial charge is 0.305 e. The first-order valence-electron chi connectivity index (χ1n) is 7.62. The van der Waals surface area contributed by atoms with E-state index in [1.165, 1.54) is 13.3 Å². The van der Waals surface area contributed by atoms with Gasteiger partial charge in [0.2, 0.25) is 10.0 Å². The summed E-state index contributed by atoms with van der Waals surface area (Å²) in [6.07, 6.45) is 6.31. The number of hydrogen-bond acceptors (Lipinski definition) is 6. The Hall–Kier alpha value is -1.67. The van der Waals surface area contributed by atoms with E-state index in [-0.39, 0.29) is 16.3 Å². The topological polar surface area (TPSA) is 103 Å². The number of esters is 1. The van der Waals surface area contributed by atoms with Crippen molar-refractivity contribution in [2.75, 3.05) is 25.1 Å². The molecule has 0 unspecified atom stereocenters. The molecule has 3 rings (SSSR count). The minimum atomic E-state index is -3.79. The maximum Gasteiger partial charge on any atom is 0.305 e. The number of carbonyl (C=O) groups excluding carboxylic acids is 1. The molecular formula is C15H21N3O4S. The molecule has 1 spiro atoms. The maximum atomic E-state index is 11.7. The molecule has 2 aliphatic rings. The number of methoxy groups -OCH3 is 1. The average Bonchev–Trinajstić information content (AvgIpc) is 2.91. The van der Waals surface area contributed by atoms with Gasteiger partial charge >= 0.3 is 5.97 Å². The van der Waals surface area contributed by atoms with Gasteiger partial charge in [-0.3, -0.25) is 9.78 Å². The summed E-state index contributed by atoms with van der Waals surface area (Å²) in [6, 6.07) is 1.70. The van der Waals surface area contributed by atoms with Crippen LogP contribution in [0.2, 0.25) is 0 Å². The van der Waals surface area contributed by atoms with Crippen LogP contribution in [0.25, 0.3) is 0 Å². The lowest BCUT2D eigenvalue weighted by Gasteiger charge is -2.45. The van der Waals surface area contributed by atoms with E-state index in [2.05, 4.69) is 9.88 Å². The molecule has 1 aromatic rings. The first-order chi connectivity index (χ1) is 10.8. The van der Waals surface area contributed by atoms with E-state index in [0.717, 1.165) is 32.4 Å². The molecule has 8 heteroatoms. The van der Waals surface area contributed by atoms with E-state index < -0.39 is 10.0 Å². The second kappa shape index (κ2) is 5.76. The molecule has 2 N–H and O–H groups in total. The third kappa shape index (κ3) is 3.18. The summed E-state index contributed by atoms with van der Waals surface area (Å²) in [7, 11) is -2.38. The lowest BCUT2D eigenvalue weighted by molar-refractivity contribution is -0.143. The third-order valence-electron chi connectivity index (χ3n) is 4.97. The Kier molecular flexibility index (Phi) is 4.05. The highest BCUT2D eigenvalue weighted by atomic mass is 32.2. The van der Waals surface area contributed by atoms with E-state index >= 15 is 0 Å². The van der Waals surface area contributed by atoms with Crippen molar-refractivity contribution in [2.24, 2.45) is 16.5 Å². The van der Waals surface area contributed by atoms with Crippen LogP contribution < -0.4 is 10.0 Å². The summed E-state index contributed by atoms with van der Waals surface area (Å²) in [5.41, 5.74) is 0.799. The van der Waals surface area contributed by atoms with Gasteiger partial charge in [0, 0.05) is 31.9 Å². The zero-order valence-corrected chi connectivity index (χ0v) is 13.9. The van der Waals surface area contributed by atoms with Gasteiger partial charge in [0.05, 0.1) is 12.8 Å². The minimum Gasteiger partial charge on any atom is -0.469 e. The normalized spacial score (nSPS) is 27.0. The highest BCUT2D eigenvalue weighted by molar-refractivity contribution is 7.89. The molecule has 2 heterocycles. The van der Waals surface area contributed by atoms with Crippen molar-refractivity contribution < 1.29 is 17.9 Å². The van der Waals surface area contributed by atoms with Gasteiger partial charge in [-0.1, -0.05) is 0 Å². The van der Waals surface area contributed by atoms with Crippen LogP contribution in [0.1, 0.15) is 25.7 Å². The average molecular weight is 339 g/mol. The van der Waals surface area contributed by atoms with Gasteiger partial charge in [-0.05, 0) is 36.7 Å². The van der Waals surface area contributed by atoms with Crippen molar-refractivity contribution in [3.8, 4) is 0 Å². The molecule has 0 radical (unpaired) electrons. The van der Waals surface area contributed by atoms with Crippen molar-refractivity contribution in [1.82, 2.24) is 4.98 Å². The monoisotopic (exact) mass is 339 g/mol. The van der Waals surface area contributed by atoms with Gasteiger partial charge in [0.1, 0.15) is 4.90 Å². The first kappa shape index (κ1) is 16.2. The Morgan fingerprint density at radius 3 is 2.91 bits per heavy atom. The second-order valence-electron chi connectivity index (χ2n) is 6.61. The van der Waals surface area contributed by atoms with Crippen molar-refractivity contribution in [1.29, 1.82) is 0 Å². The predicted octanol–water partition coefficient (Wildman–Crippen LogP) is 0.899. The van der Waals surface area contributed by atoms with Crippen LogP contribution in [0.3, 0.4) is 0 Å². The number of aromatic nitrogens is 1. The zero-order valence-electron chi connectivity index (χ0n) is 13.1. The van der Waals surface area contributed by atoms with Crippen LogP contribution in [0.15, 0.2) is 23.4 Å². The number of carbonyl (C=O) groups is 1. The Bertz CT molecular complexity index is 713. The van der Waals surface area contributed by atoms with Gasteiger partial charge in [-0.15, -0.1) is 0 Å². The van der Waals surface area contributed by atoms with Gasteiger partial charge in [-0.25, -0.2) is 13.6 Å². The quantitative estimate of drug-likeness (QED) is 0.818. The van der Waals surface area contributed by atoms with Crippen LogP contribution in [0, 0.1) is 11.3 Å². The Balaban J connectivity index is 1.69. The van der Waals surface area contributed by atoms with Crippen LogP contribution in [-0.2, 0) is 19.6 Å². The van der Waals surface area contributed by atoms with E-state index in [1.807, 2.05) is 0 Å². The van der Waals surface area contributed by atoms with Crippen LogP contribution in [0.4, 0.5) is 5.69 Å². The fourth-order valence-corrected chi connectivity index (χ4v) is 4.65. The predicted molar refractivity (Wildman–Crippen MR) is 84.2 cm³/mol. The largest absolute Gasteiger partial charge is 0.469 e. The summed E-state index contributed by atoms with van der Waals surface area (Å²) in [5, 5.41) is 5.29. The number of anilines is 1. The van der Waals surface area contributed by atoms with Gasteiger partial charge < -0.3 is 9.64 Å². The number of primary sulfonamides is 1. The van der Waals surface area contributed by atoms with Crippen molar-refractivity contribution >= 4 is 21.7 Å². The number of nitrogens with two attached hydrogens (primary N) is 1. The number of hydrogen-bond donors (Lipinski definition) is 1. The fraction of sp³-hybridized carbons (Fsp3) is 0.600. The molecule has 126 valence electrons. The highest BCUT2D eigenvalue weighted by Crippen LogP contribution is 2.53. The summed E-state index contributed by atoms with van der Waals surface area (Å²) >= 11 is 0. The molecule has 1 aliphatic carbocycles. The molecule has 0 amide bonds. The Labute approximate surface area is 135 Å². The lowest BCUT2D eigenvalue weighted by atomic mass is 9.60. The van der Waals surface area contributed by atoms with Crippen molar-refractivity contribution in [2.45, 2.75) is 30.6 Å². The molecule has 1 aromatic heterocycles. The number of nitrogens with zero attached hydrogens (tertiary/aromatic N) is 2. The summed E-state index contributed by atoms with van der Waals surface area (Å²) in [5.74, 6) is 0.211. The van der Waals surface area contributed by atoms with E-state index in [4.69, 9.17) is 9.88 Å². The molecular weight excluding hydrogens is 318 g/mol. The van der Waals surface area contributed by atoms with Crippen molar-refractivity contribution in [3.05, 3.63) is 18.5 Å².